The molecule has 1 saturated heterocycles. The molecule has 0 aromatic rings. The summed E-state index contributed by atoms with van der Waals surface area (Å²) in [6.07, 6.45) is 6.18. The Kier molecular flexibility index (Phi) is 9.26. The number of rotatable bonds is 10. The lowest BCUT2D eigenvalue weighted by atomic mass is 10.2. The van der Waals surface area contributed by atoms with Crippen molar-refractivity contribution in [2.75, 3.05) is 33.9 Å². The highest BCUT2D eigenvalue weighted by Crippen LogP contribution is 2.49. The molecular formula is C16H26N3O6P. The zero-order valence-electron chi connectivity index (χ0n) is 15.3. The predicted molar refractivity (Wildman–Crippen MR) is 96.1 cm³/mol. The average Bonchev–Trinajstić information content (AvgIpc) is 3.07. The van der Waals surface area contributed by atoms with Crippen molar-refractivity contribution in [3.63, 3.8) is 0 Å². The number of likely N-dealkylation sites (tertiary alicyclic amines) is 1. The summed E-state index contributed by atoms with van der Waals surface area (Å²) in [6.45, 7) is 2.66. The van der Waals surface area contributed by atoms with Crippen molar-refractivity contribution < 1.29 is 28.0 Å². The van der Waals surface area contributed by atoms with Crippen LogP contribution >= 0.6 is 7.60 Å². The number of likely N-dealkylation sites (N-methyl/N-ethyl adjacent to an activating group) is 1. The molecule has 10 heteroatoms. The molecule has 2 atom stereocenters. The molecule has 0 spiro atoms. The quantitative estimate of drug-likeness (QED) is 0.340. The summed E-state index contributed by atoms with van der Waals surface area (Å²) in [5.74, 6) is 0.719. The van der Waals surface area contributed by atoms with Crippen LogP contribution in [0.4, 0.5) is 0 Å². The molecule has 146 valence electrons. The minimum Gasteiger partial charge on any atom is -0.371 e. The van der Waals surface area contributed by atoms with Gasteiger partial charge in [-0.15, -0.1) is 0 Å². The van der Waals surface area contributed by atoms with E-state index in [0.717, 1.165) is 12.8 Å². The van der Waals surface area contributed by atoms with E-state index in [4.69, 9.17) is 9.05 Å². The standard InChI is InChI=1S/C16H26N3O6P/c1-4-25-26(23,24-3)11-8-14-6-5-9-19(14)16(22)12-18(2)10-7-15(21)17-13-20/h7-8,10-11,13-14H,4-6,9,12H2,1-3H3,(H,17,20,21)/b10-7-,11-8+. The highest BCUT2D eigenvalue weighted by Gasteiger charge is 2.28. The maximum Gasteiger partial charge on any atom is 0.353 e. The first-order chi connectivity index (χ1) is 12.3. The van der Waals surface area contributed by atoms with Gasteiger partial charge in [0.2, 0.25) is 12.3 Å². The van der Waals surface area contributed by atoms with Gasteiger partial charge in [-0.25, -0.2) is 0 Å². The van der Waals surface area contributed by atoms with Gasteiger partial charge in [0.1, 0.15) is 0 Å². The zero-order valence-corrected chi connectivity index (χ0v) is 16.2. The van der Waals surface area contributed by atoms with Gasteiger partial charge in [0.15, 0.2) is 0 Å². The molecule has 9 nitrogen and oxygen atoms in total. The summed E-state index contributed by atoms with van der Waals surface area (Å²) >= 11 is 0. The van der Waals surface area contributed by atoms with Gasteiger partial charge in [-0.3, -0.25) is 24.3 Å². The third-order valence-electron chi connectivity index (χ3n) is 3.74. The van der Waals surface area contributed by atoms with Crippen LogP contribution in [0.5, 0.6) is 0 Å². The molecule has 0 aromatic carbocycles. The van der Waals surface area contributed by atoms with Crippen molar-refractivity contribution in [2.45, 2.75) is 25.8 Å². The van der Waals surface area contributed by atoms with E-state index in [1.807, 2.05) is 5.32 Å². The summed E-state index contributed by atoms with van der Waals surface area (Å²) in [7, 11) is -0.308. The maximum absolute atomic E-state index is 12.5. The van der Waals surface area contributed by atoms with Crippen LogP contribution in [0, 0.1) is 0 Å². The third kappa shape index (κ3) is 7.11. The van der Waals surface area contributed by atoms with Gasteiger partial charge in [-0.05, 0) is 19.8 Å². The number of nitrogens with zero attached hydrogens (tertiary/aromatic N) is 2. The zero-order chi connectivity index (χ0) is 19.6. The molecule has 0 radical (unpaired) electrons. The second-order valence-corrected chi connectivity index (χ2v) is 7.64. The molecule has 0 bridgehead atoms. The average molecular weight is 387 g/mol. The predicted octanol–water partition coefficient (Wildman–Crippen LogP) is 1.09. The number of imide groups is 1. The number of carbonyl (C=O) groups is 3. The third-order valence-corrected chi connectivity index (χ3v) is 5.40. The molecule has 0 saturated carbocycles. The SMILES string of the molecule is CCOP(=O)(/C=C/C1CCCN1C(=O)CN(C)/C=C\C(=O)NC=O)OC. The van der Waals surface area contributed by atoms with Crippen LogP contribution in [0.2, 0.25) is 0 Å². The Morgan fingerprint density at radius 1 is 1.42 bits per heavy atom. The molecule has 3 amide bonds. The number of nitrogens with one attached hydrogen (secondary N) is 1. The summed E-state index contributed by atoms with van der Waals surface area (Å²) in [6, 6.07) is -0.179. The van der Waals surface area contributed by atoms with Gasteiger partial charge in [0.25, 0.3) is 5.91 Å². The molecule has 26 heavy (non-hydrogen) atoms. The first-order valence-electron chi connectivity index (χ1n) is 8.26. The molecule has 0 aliphatic carbocycles. The lowest BCUT2D eigenvalue weighted by Crippen LogP contribution is -2.39. The van der Waals surface area contributed by atoms with Gasteiger partial charge in [-0.2, -0.15) is 0 Å². The molecule has 1 rings (SSSR count). The molecule has 1 N–H and O–H groups in total. The molecule has 2 unspecified atom stereocenters. The topological polar surface area (TPSA) is 105 Å². The van der Waals surface area contributed by atoms with Crippen molar-refractivity contribution in [1.29, 1.82) is 0 Å². The van der Waals surface area contributed by atoms with Crippen LogP contribution in [0.3, 0.4) is 0 Å². The van der Waals surface area contributed by atoms with Crippen molar-refractivity contribution in [3.05, 3.63) is 24.2 Å². The van der Waals surface area contributed by atoms with Crippen molar-refractivity contribution >= 4 is 25.8 Å². The van der Waals surface area contributed by atoms with E-state index >= 15 is 0 Å². The number of hydrogen-bond acceptors (Lipinski definition) is 7. The van der Waals surface area contributed by atoms with Crippen LogP contribution in [0.1, 0.15) is 19.8 Å². The van der Waals surface area contributed by atoms with Gasteiger partial charge in [0, 0.05) is 38.8 Å². The van der Waals surface area contributed by atoms with Crippen molar-refractivity contribution in [1.82, 2.24) is 15.1 Å². The molecule has 1 aliphatic heterocycles. The Morgan fingerprint density at radius 2 is 2.15 bits per heavy atom. The second kappa shape index (κ2) is 10.9. The van der Waals surface area contributed by atoms with E-state index in [1.54, 1.807) is 29.8 Å². The Labute approximate surface area is 153 Å². The highest BCUT2D eigenvalue weighted by atomic mass is 31.2. The largest absolute Gasteiger partial charge is 0.371 e. The molecule has 1 fully saturated rings. The van der Waals surface area contributed by atoms with E-state index in [-0.39, 0.29) is 25.1 Å². The lowest BCUT2D eigenvalue weighted by Gasteiger charge is -2.25. The van der Waals surface area contributed by atoms with Crippen LogP contribution < -0.4 is 5.32 Å². The summed E-state index contributed by atoms with van der Waals surface area (Å²) < 4.78 is 22.4. The Hall–Kier alpha value is -1.96. The summed E-state index contributed by atoms with van der Waals surface area (Å²) in [4.78, 5) is 37.1. The Morgan fingerprint density at radius 3 is 2.77 bits per heavy atom. The molecular weight excluding hydrogens is 361 g/mol. The van der Waals surface area contributed by atoms with Gasteiger partial charge in [0.05, 0.1) is 19.2 Å². The Balaban J connectivity index is 2.66. The summed E-state index contributed by atoms with van der Waals surface area (Å²) in [5, 5.41) is 1.98. The first kappa shape index (κ1) is 22.1. The van der Waals surface area contributed by atoms with E-state index in [1.165, 1.54) is 25.2 Å². The fraction of sp³-hybridized carbons (Fsp3) is 0.562. The fourth-order valence-electron chi connectivity index (χ4n) is 2.50. The van der Waals surface area contributed by atoms with Crippen molar-refractivity contribution in [3.8, 4) is 0 Å². The normalized spacial score (nSPS) is 19.7. The Bertz CT molecular complexity index is 607. The van der Waals surface area contributed by atoms with E-state index < -0.39 is 13.5 Å². The highest BCUT2D eigenvalue weighted by molar-refractivity contribution is 7.57. The molecule has 1 heterocycles. The minimum atomic E-state index is -3.28. The van der Waals surface area contributed by atoms with Crippen LogP contribution in [-0.4, -0.2) is 67.9 Å². The van der Waals surface area contributed by atoms with Gasteiger partial charge in [-0.1, -0.05) is 6.08 Å². The monoisotopic (exact) mass is 387 g/mol. The number of hydrogen-bond donors (Lipinski definition) is 1. The maximum atomic E-state index is 12.5. The van der Waals surface area contributed by atoms with E-state index in [2.05, 4.69) is 0 Å². The molecule has 0 aromatic heterocycles. The second-order valence-electron chi connectivity index (χ2n) is 5.64. The number of carbonyl (C=O) groups excluding carboxylic acids is 3. The minimum absolute atomic E-state index is 0.0720. The van der Waals surface area contributed by atoms with Crippen LogP contribution in [0.25, 0.3) is 0 Å². The van der Waals surface area contributed by atoms with Gasteiger partial charge < -0.3 is 18.8 Å². The smallest absolute Gasteiger partial charge is 0.353 e. The van der Waals surface area contributed by atoms with Crippen molar-refractivity contribution in [2.24, 2.45) is 0 Å². The molecule has 1 aliphatic rings. The van der Waals surface area contributed by atoms with E-state index in [0.29, 0.717) is 13.0 Å². The summed E-state index contributed by atoms with van der Waals surface area (Å²) in [5.41, 5.74) is 0. The number of amides is 3. The van der Waals surface area contributed by atoms with Gasteiger partial charge >= 0.3 is 7.60 Å². The van der Waals surface area contributed by atoms with Crippen LogP contribution in [0.15, 0.2) is 24.2 Å². The van der Waals surface area contributed by atoms with E-state index in [9.17, 15) is 18.9 Å². The lowest BCUT2D eigenvalue weighted by molar-refractivity contribution is -0.131. The fourth-order valence-corrected chi connectivity index (χ4v) is 3.58. The first-order valence-corrected chi connectivity index (χ1v) is 9.87. The van der Waals surface area contributed by atoms with Crippen LogP contribution in [-0.2, 0) is 28.0 Å².